The molecule has 0 heterocycles. The molecule has 2 rings (SSSR count). The van der Waals surface area contributed by atoms with E-state index < -0.39 is 5.54 Å². The van der Waals surface area contributed by atoms with Crippen LogP contribution in [0.5, 0.6) is 0 Å². The minimum Gasteiger partial charge on any atom is -0.289 e. The van der Waals surface area contributed by atoms with Crippen LogP contribution in [0, 0.1) is 11.3 Å². The third-order valence-corrected chi connectivity index (χ3v) is 3.82. The molecule has 0 fully saturated rings. The average Bonchev–Trinajstić information content (AvgIpc) is 2.44. The van der Waals surface area contributed by atoms with Crippen molar-refractivity contribution < 1.29 is 0 Å². The molecule has 0 saturated carbocycles. The minimum absolute atomic E-state index is 0.412. The van der Waals surface area contributed by atoms with Crippen LogP contribution in [0.1, 0.15) is 19.4 Å². The Kier molecular flexibility index (Phi) is 3.87. The predicted molar refractivity (Wildman–Crippen MR) is 80.0 cm³/mol. The molecule has 2 aromatic rings. The van der Waals surface area contributed by atoms with Crippen molar-refractivity contribution in [2.24, 2.45) is 0 Å². The molecule has 2 heteroatoms. The summed E-state index contributed by atoms with van der Waals surface area (Å²) < 4.78 is 0. The van der Waals surface area contributed by atoms with E-state index >= 15 is 0 Å². The topological polar surface area (TPSA) is 27.0 Å². The second-order valence-electron chi connectivity index (χ2n) is 5.48. The summed E-state index contributed by atoms with van der Waals surface area (Å²) in [4.78, 5) is 2.11. The Morgan fingerprint density at radius 3 is 2.53 bits per heavy atom. The molecule has 0 N–H and O–H groups in total. The van der Waals surface area contributed by atoms with Gasteiger partial charge in [-0.3, -0.25) is 4.90 Å². The average molecular weight is 252 g/mol. The Balaban J connectivity index is 2.17. The number of benzene rings is 2. The SMILES string of the molecule is CN(CCc1cccc2ccccc12)C(C)(C)C#N. The number of hydrogen-bond acceptors (Lipinski definition) is 2. The third-order valence-electron chi connectivity index (χ3n) is 3.82. The van der Waals surface area contributed by atoms with E-state index in [1.807, 2.05) is 20.9 Å². The Morgan fingerprint density at radius 1 is 1.11 bits per heavy atom. The predicted octanol–water partition coefficient (Wildman–Crippen LogP) is 3.62. The first-order chi connectivity index (χ1) is 9.04. The molecule has 0 amide bonds. The van der Waals surface area contributed by atoms with Crippen molar-refractivity contribution in [2.75, 3.05) is 13.6 Å². The fraction of sp³-hybridized carbons (Fsp3) is 0.353. The summed E-state index contributed by atoms with van der Waals surface area (Å²) in [5.41, 5.74) is 0.934. The van der Waals surface area contributed by atoms with E-state index in [2.05, 4.69) is 53.4 Å². The highest BCUT2D eigenvalue weighted by Crippen LogP contribution is 2.20. The molecule has 0 aliphatic carbocycles. The summed E-state index contributed by atoms with van der Waals surface area (Å²) >= 11 is 0. The van der Waals surface area contributed by atoms with Gasteiger partial charge in [-0.1, -0.05) is 42.5 Å². The van der Waals surface area contributed by atoms with Crippen LogP contribution in [0.3, 0.4) is 0 Å². The maximum atomic E-state index is 9.14. The van der Waals surface area contributed by atoms with Gasteiger partial charge in [0, 0.05) is 6.54 Å². The van der Waals surface area contributed by atoms with E-state index in [9.17, 15) is 0 Å². The van der Waals surface area contributed by atoms with Crippen molar-refractivity contribution in [3.63, 3.8) is 0 Å². The second-order valence-corrected chi connectivity index (χ2v) is 5.48. The van der Waals surface area contributed by atoms with E-state index in [-0.39, 0.29) is 0 Å². The highest BCUT2D eigenvalue weighted by Gasteiger charge is 2.22. The number of nitrogens with zero attached hydrogens (tertiary/aromatic N) is 2. The standard InChI is InChI=1S/C17H20N2/c1-17(2,13-18)19(3)12-11-15-9-6-8-14-7-4-5-10-16(14)15/h4-10H,11-12H2,1-3H3. The number of hydrogen-bond donors (Lipinski definition) is 0. The first-order valence-corrected chi connectivity index (χ1v) is 6.64. The molecular weight excluding hydrogens is 232 g/mol. The van der Waals surface area contributed by atoms with Crippen molar-refractivity contribution in [2.45, 2.75) is 25.8 Å². The Hall–Kier alpha value is -1.85. The zero-order valence-electron chi connectivity index (χ0n) is 11.9. The van der Waals surface area contributed by atoms with Crippen LogP contribution in [0.15, 0.2) is 42.5 Å². The molecule has 2 aromatic carbocycles. The van der Waals surface area contributed by atoms with Crippen molar-refractivity contribution in [1.29, 1.82) is 5.26 Å². The summed E-state index contributed by atoms with van der Waals surface area (Å²) in [5, 5.41) is 11.7. The van der Waals surface area contributed by atoms with Gasteiger partial charge in [0.2, 0.25) is 0 Å². The van der Waals surface area contributed by atoms with Gasteiger partial charge in [0.05, 0.1) is 6.07 Å². The molecule has 19 heavy (non-hydrogen) atoms. The molecule has 98 valence electrons. The van der Waals surface area contributed by atoms with Crippen LogP contribution in [0.2, 0.25) is 0 Å². The quantitative estimate of drug-likeness (QED) is 0.831. The molecule has 0 saturated heterocycles. The highest BCUT2D eigenvalue weighted by atomic mass is 15.2. The van der Waals surface area contributed by atoms with Gasteiger partial charge < -0.3 is 0 Å². The molecule has 0 aromatic heterocycles. The molecule has 0 radical (unpaired) electrons. The summed E-state index contributed by atoms with van der Waals surface area (Å²) in [6, 6.07) is 17.2. The molecule has 2 nitrogen and oxygen atoms in total. The first-order valence-electron chi connectivity index (χ1n) is 6.64. The van der Waals surface area contributed by atoms with Gasteiger partial charge in [-0.25, -0.2) is 0 Å². The van der Waals surface area contributed by atoms with Gasteiger partial charge in [0.1, 0.15) is 5.54 Å². The number of likely N-dealkylation sites (N-methyl/N-ethyl adjacent to an activating group) is 1. The normalized spacial score (nSPS) is 11.7. The zero-order chi connectivity index (χ0) is 13.9. The number of rotatable bonds is 4. The van der Waals surface area contributed by atoms with Crippen LogP contribution >= 0.6 is 0 Å². The van der Waals surface area contributed by atoms with Crippen molar-refractivity contribution in [1.82, 2.24) is 4.90 Å². The Morgan fingerprint density at radius 2 is 1.79 bits per heavy atom. The summed E-state index contributed by atoms with van der Waals surface area (Å²) in [6.07, 6.45) is 0.961. The van der Waals surface area contributed by atoms with Crippen LogP contribution in [-0.4, -0.2) is 24.0 Å². The van der Waals surface area contributed by atoms with Crippen molar-refractivity contribution in [3.05, 3.63) is 48.0 Å². The lowest BCUT2D eigenvalue weighted by molar-refractivity contribution is 0.214. The second kappa shape index (κ2) is 5.42. The van der Waals surface area contributed by atoms with Crippen molar-refractivity contribution >= 4 is 10.8 Å². The summed E-state index contributed by atoms with van der Waals surface area (Å²) in [6.45, 7) is 4.79. The fourth-order valence-electron chi connectivity index (χ4n) is 2.16. The van der Waals surface area contributed by atoms with Gasteiger partial charge in [-0.15, -0.1) is 0 Å². The van der Waals surface area contributed by atoms with Crippen LogP contribution in [0.25, 0.3) is 10.8 Å². The van der Waals surface area contributed by atoms with Gasteiger partial charge in [0.25, 0.3) is 0 Å². The molecule has 0 aliphatic heterocycles. The summed E-state index contributed by atoms with van der Waals surface area (Å²) in [5.74, 6) is 0. The van der Waals surface area contributed by atoms with Crippen LogP contribution < -0.4 is 0 Å². The lowest BCUT2D eigenvalue weighted by Crippen LogP contribution is -2.40. The van der Waals surface area contributed by atoms with Crippen LogP contribution in [0.4, 0.5) is 0 Å². The molecular formula is C17H20N2. The molecule has 0 unspecified atom stereocenters. The molecule has 0 aliphatic rings. The Labute approximate surface area is 115 Å². The van der Waals surface area contributed by atoms with Gasteiger partial charge in [-0.2, -0.15) is 5.26 Å². The third kappa shape index (κ3) is 2.94. The van der Waals surface area contributed by atoms with Crippen molar-refractivity contribution in [3.8, 4) is 6.07 Å². The van der Waals surface area contributed by atoms with E-state index in [0.29, 0.717) is 0 Å². The molecule has 0 atom stereocenters. The van der Waals surface area contributed by atoms with Gasteiger partial charge in [0.15, 0.2) is 0 Å². The maximum Gasteiger partial charge on any atom is 0.103 e. The largest absolute Gasteiger partial charge is 0.289 e. The smallest absolute Gasteiger partial charge is 0.103 e. The van der Waals surface area contributed by atoms with E-state index in [0.717, 1.165) is 13.0 Å². The van der Waals surface area contributed by atoms with E-state index in [1.165, 1.54) is 16.3 Å². The fourth-order valence-corrected chi connectivity index (χ4v) is 2.16. The lowest BCUT2D eigenvalue weighted by Gasteiger charge is -2.29. The molecule has 0 spiro atoms. The minimum atomic E-state index is -0.412. The van der Waals surface area contributed by atoms with E-state index in [1.54, 1.807) is 0 Å². The summed E-state index contributed by atoms with van der Waals surface area (Å²) in [7, 11) is 2.01. The molecule has 0 bridgehead atoms. The highest BCUT2D eigenvalue weighted by molar-refractivity contribution is 5.85. The van der Waals surface area contributed by atoms with Crippen LogP contribution in [-0.2, 0) is 6.42 Å². The monoisotopic (exact) mass is 252 g/mol. The van der Waals surface area contributed by atoms with Gasteiger partial charge >= 0.3 is 0 Å². The Bertz CT molecular complexity index is 603. The number of nitriles is 1. The van der Waals surface area contributed by atoms with E-state index in [4.69, 9.17) is 5.26 Å². The van der Waals surface area contributed by atoms with Gasteiger partial charge in [-0.05, 0) is 43.7 Å². The zero-order valence-corrected chi connectivity index (χ0v) is 11.9. The lowest BCUT2D eigenvalue weighted by atomic mass is 10.0. The number of fused-ring (bicyclic) bond motifs is 1. The maximum absolute atomic E-state index is 9.14. The first kappa shape index (κ1) is 13.6.